The zero-order valence-corrected chi connectivity index (χ0v) is 17.3. The van der Waals surface area contributed by atoms with Gasteiger partial charge in [-0.15, -0.1) is 0 Å². The van der Waals surface area contributed by atoms with Crippen LogP contribution in [0.2, 0.25) is 5.15 Å². The third kappa shape index (κ3) is 3.19. The molecule has 3 heterocycles. The molecule has 0 aromatic carbocycles. The number of rotatable bonds is 4. The van der Waals surface area contributed by atoms with Crippen molar-refractivity contribution in [2.45, 2.75) is 44.8 Å². The van der Waals surface area contributed by atoms with Gasteiger partial charge in [0.25, 0.3) is 0 Å². The molecule has 0 amide bonds. The normalized spacial score (nSPS) is 24.3. The van der Waals surface area contributed by atoms with Gasteiger partial charge in [0, 0.05) is 23.8 Å². The van der Waals surface area contributed by atoms with Crippen LogP contribution in [0.15, 0.2) is 53.0 Å². The minimum atomic E-state index is -1.62. The number of ketones is 3. The number of carbonyl (C=O) groups excluding carboxylic acids is 4. The summed E-state index contributed by atoms with van der Waals surface area (Å²) in [6.07, 6.45) is 4.16. The summed E-state index contributed by atoms with van der Waals surface area (Å²) in [6.45, 7) is 5.19. The first-order valence-corrected chi connectivity index (χ1v) is 9.69. The van der Waals surface area contributed by atoms with Crippen LogP contribution in [0, 0.1) is 0 Å². The number of halogens is 1. The second-order valence-electron chi connectivity index (χ2n) is 8.19. The number of nitrogens with zero attached hydrogens (tertiary/aromatic N) is 1. The van der Waals surface area contributed by atoms with Gasteiger partial charge in [-0.2, -0.15) is 0 Å². The highest BCUT2D eigenvalue weighted by Gasteiger charge is 2.55. The van der Waals surface area contributed by atoms with E-state index in [2.05, 4.69) is 4.98 Å². The van der Waals surface area contributed by atoms with E-state index < -0.39 is 40.9 Å². The van der Waals surface area contributed by atoms with E-state index in [1.54, 1.807) is 6.08 Å². The van der Waals surface area contributed by atoms with Crippen LogP contribution in [0.25, 0.3) is 0 Å². The van der Waals surface area contributed by atoms with Gasteiger partial charge in [-0.25, -0.2) is 9.78 Å². The van der Waals surface area contributed by atoms with E-state index >= 15 is 0 Å². The predicted octanol–water partition coefficient (Wildman–Crippen LogP) is 3.08. The molecule has 4 rings (SSSR count). The Morgan fingerprint density at radius 1 is 1.17 bits per heavy atom. The van der Waals surface area contributed by atoms with Crippen molar-refractivity contribution < 1.29 is 28.7 Å². The first-order chi connectivity index (χ1) is 14.0. The van der Waals surface area contributed by atoms with E-state index in [0.717, 1.165) is 0 Å². The zero-order valence-electron chi connectivity index (χ0n) is 16.6. The maximum Gasteiger partial charge on any atom is 0.343 e. The molecular formula is C22H18ClNO6. The molecule has 30 heavy (non-hydrogen) atoms. The molecule has 0 N–H and O–H groups in total. The Balaban J connectivity index is 1.72. The van der Waals surface area contributed by atoms with Gasteiger partial charge in [-0.05, 0) is 44.6 Å². The van der Waals surface area contributed by atoms with Gasteiger partial charge in [-0.3, -0.25) is 14.4 Å². The molecule has 154 valence electrons. The van der Waals surface area contributed by atoms with Crippen LogP contribution in [0.5, 0.6) is 0 Å². The van der Waals surface area contributed by atoms with Gasteiger partial charge in [0.1, 0.15) is 16.3 Å². The standard InChI is InChI=1S/C22H18ClNO6/c1-21(2)8-12-6-14-18(16(26)7-15(25)11-4-5-17(23)24-9-11)20(28)30-22(14,3)19(27)13(12)10-29-21/h4-6,9-10H,7-8H2,1-3H3. The summed E-state index contributed by atoms with van der Waals surface area (Å²) in [5, 5.41) is 0.216. The summed E-state index contributed by atoms with van der Waals surface area (Å²) < 4.78 is 10.9. The lowest BCUT2D eigenvalue weighted by molar-refractivity contribution is -0.153. The van der Waals surface area contributed by atoms with Crippen LogP contribution in [0.1, 0.15) is 44.0 Å². The van der Waals surface area contributed by atoms with Gasteiger partial charge in [0.05, 0.1) is 18.3 Å². The van der Waals surface area contributed by atoms with Crippen LogP contribution in [-0.4, -0.2) is 39.5 Å². The molecule has 1 unspecified atom stereocenters. The first-order valence-electron chi connectivity index (χ1n) is 9.31. The minimum Gasteiger partial charge on any atom is -0.494 e. The number of fused-ring (bicyclic) bond motifs is 2. The van der Waals surface area contributed by atoms with Gasteiger partial charge in [0.15, 0.2) is 17.2 Å². The largest absolute Gasteiger partial charge is 0.494 e. The third-order valence-electron chi connectivity index (χ3n) is 5.39. The number of Topliss-reactive ketones (excluding diaryl/α,β-unsaturated/α-hetero) is 3. The average molecular weight is 428 g/mol. The molecule has 1 atom stereocenters. The van der Waals surface area contributed by atoms with Crippen molar-refractivity contribution in [2.24, 2.45) is 0 Å². The fourth-order valence-electron chi connectivity index (χ4n) is 3.81. The SMILES string of the molecule is CC1(C)CC2=CC3=C(C(=O)CC(=O)c4ccc(Cl)nc4)C(=O)OC3(C)C(=O)C2=CO1. The Bertz CT molecular complexity index is 1110. The van der Waals surface area contributed by atoms with Gasteiger partial charge < -0.3 is 9.47 Å². The van der Waals surface area contributed by atoms with Crippen LogP contribution in [-0.2, 0) is 23.9 Å². The van der Waals surface area contributed by atoms with E-state index in [1.165, 1.54) is 31.5 Å². The Morgan fingerprint density at radius 3 is 2.57 bits per heavy atom. The molecule has 0 saturated carbocycles. The van der Waals surface area contributed by atoms with Gasteiger partial charge in [0.2, 0.25) is 5.78 Å². The molecule has 3 aliphatic rings. The van der Waals surface area contributed by atoms with Crippen molar-refractivity contribution in [3.8, 4) is 0 Å². The number of pyridine rings is 1. The highest BCUT2D eigenvalue weighted by molar-refractivity contribution is 6.30. The summed E-state index contributed by atoms with van der Waals surface area (Å²) in [6, 6.07) is 2.89. The summed E-state index contributed by atoms with van der Waals surface area (Å²) in [5.41, 5.74) is -1.04. The molecule has 0 spiro atoms. The van der Waals surface area contributed by atoms with Crippen molar-refractivity contribution in [2.75, 3.05) is 0 Å². The first kappa shape index (κ1) is 20.2. The van der Waals surface area contributed by atoms with Crippen molar-refractivity contribution in [1.82, 2.24) is 4.98 Å². The molecule has 0 saturated heterocycles. The maximum absolute atomic E-state index is 13.1. The number of carbonyl (C=O) groups is 4. The molecule has 0 fully saturated rings. The molecule has 0 radical (unpaired) electrons. The van der Waals surface area contributed by atoms with E-state index in [-0.39, 0.29) is 21.9 Å². The average Bonchev–Trinajstić information content (AvgIpc) is 2.92. The number of ether oxygens (including phenoxy) is 2. The van der Waals surface area contributed by atoms with E-state index in [1.807, 2.05) is 13.8 Å². The zero-order chi connectivity index (χ0) is 21.8. The van der Waals surface area contributed by atoms with Crippen molar-refractivity contribution in [3.05, 3.63) is 63.7 Å². The van der Waals surface area contributed by atoms with Crippen LogP contribution in [0.3, 0.4) is 0 Å². The topological polar surface area (TPSA) is 99.6 Å². The number of esters is 1. The lowest BCUT2D eigenvalue weighted by Crippen LogP contribution is -2.43. The van der Waals surface area contributed by atoms with Gasteiger partial charge >= 0.3 is 5.97 Å². The molecule has 1 aromatic heterocycles. The van der Waals surface area contributed by atoms with Crippen LogP contribution < -0.4 is 0 Å². The summed E-state index contributed by atoms with van der Waals surface area (Å²) in [7, 11) is 0. The molecule has 2 aliphatic heterocycles. The van der Waals surface area contributed by atoms with Crippen LogP contribution in [0.4, 0.5) is 0 Å². The number of hydrogen-bond acceptors (Lipinski definition) is 7. The summed E-state index contributed by atoms with van der Waals surface area (Å²) in [5.74, 6) is -2.58. The maximum atomic E-state index is 13.1. The van der Waals surface area contributed by atoms with Crippen molar-refractivity contribution in [1.29, 1.82) is 0 Å². The Hall–Kier alpha value is -3.06. The van der Waals surface area contributed by atoms with E-state index in [0.29, 0.717) is 17.6 Å². The number of hydrogen-bond donors (Lipinski definition) is 0. The fourth-order valence-corrected chi connectivity index (χ4v) is 3.92. The Kier molecular flexibility index (Phi) is 4.54. The van der Waals surface area contributed by atoms with E-state index in [9.17, 15) is 19.2 Å². The molecule has 1 aliphatic carbocycles. The Morgan fingerprint density at radius 2 is 1.90 bits per heavy atom. The lowest BCUT2D eigenvalue weighted by atomic mass is 9.74. The van der Waals surface area contributed by atoms with Crippen molar-refractivity contribution >= 4 is 34.9 Å². The third-order valence-corrected chi connectivity index (χ3v) is 5.61. The highest BCUT2D eigenvalue weighted by atomic mass is 35.5. The smallest absolute Gasteiger partial charge is 0.343 e. The molecular weight excluding hydrogens is 410 g/mol. The predicted molar refractivity (Wildman–Crippen MR) is 106 cm³/mol. The minimum absolute atomic E-state index is 0.189. The summed E-state index contributed by atoms with van der Waals surface area (Å²) in [4.78, 5) is 54.8. The van der Waals surface area contributed by atoms with Crippen molar-refractivity contribution in [3.63, 3.8) is 0 Å². The molecule has 7 nitrogen and oxygen atoms in total. The highest BCUT2D eigenvalue weighted by Crippen LogP contribution is 2.46. The molecule has 0 bridgehead atoms. The Labute approximate surface area is 177 Å². The monoisotopic (exact) mass is 427 g/mol. The quantitative estimate of drug-likeness (QED) is 0.239. The molecule has 1 aromatic rings. The molecule has 8 heteroatoms. The van der Waals surface area contributed by atoms with Gasteiger partial charge in [-0.1, -0.05) is 11.6 Å². The summed E-state index contributed by atoms with van der Waals surface area (Å²) >= 11 is 5.72. The number of aromatic nitrogens is 1. The lowest BCUT2D eigenvalue weighted by Gasteiger charge is -2.37. The van der Waals surface area contributed by atoms with Crippen LogP contribution >= 0.6 is 11.6 Å². The second-order valence-corrected chi connectivity index (χ2v) is 8.58. The second kappa shape index (κ2) is 6.74. The van der Waals surface area contributed by atoms with E-state index in [4.69, 9.17) is 21.1 Å². The fraction of sp³-hybridized carbons (Fsp3) is 0.318.